The number of likely N-dealkylation sites (tertiary alicyclic amines) is 1. The van der Waals surface area contributed by atoms with Crippen LogP contribution < -0.4 is 10.1 Å². The van der Waals surface area contributed by atoms with Crippen LogP contribution in [0.15, 0.2) is 24.3 Å². The summed E-state index contributed by atoms with van der Waals surface area (Å²) < 4.78 is 5.31. The summed E-state index contributed by atoms with van der Waals surface area (Å²) in [4.78, 5) is 25.2. The van der Waals surface area contributed by atoms with E-state index in [0.717, 1.165) is 25.9 Å². The molecule has 1 aliphatic heterocycles. The minimum atomic E-state index is -0.237. The van der Waals surface area contributed by atoms with E-state index < -0.39 is 0 Å². The molecule has 5 nitrogen and oxygen atoms in total. The maximum Gasteiger partial charge on any atom is 0.257 e. The average molecular weight is 311 g/mol. The molecule has 2 amide bonds. The Balaban J connectivity index is 1.61. The number of hydrogen-bond acceptors (Lipinski definition) is 3. The molecule has 21 heavy (non-hydrogen) atoms. The van der Waals surface area contributed by atoms with Gasteiger partial charge in [0.25, 0.3) is 5.91 Å². The van der Waals surface area contributed by atoms with Crippen molar-refractivity contribution in [3.8, 4) is 5.75 Å². The zero-order valence-corrected chi connectivity index (χ0v) is 12.6. The van der Waals surface area contributed by atoms with E-state index in [-0.39, 0.29) is 18.4 Å². The highest BCUT2D eigenvalue weighted by Crippen LogP contribution is 2.15. The average Bonchev–Trinajstić information content (AvgIpc) is 3.01. The molecule has 1 N–H and O–H groups in total. The summed E-state index contributed by atoms with van der Waals surface area (Å²) in [6, 6.07) is 6.80. The van der Waals surface area contributed by atoms with Crippen LogP contribution in [-0.2, 0) is 9.59 Å². The Labute approximate surface area is 129 Å². The third-order valence-electron chi connectivity index (χ3n) is 3.30. The van der Waals surface area contributed by atoms with Gasteiger partial charge in [-0.25, -0.2) is 0 Å². The quantitative estimate of drug-likeness (QED) is 0.872. The Bertz CT molecular complexity index is 484. The van der Waals surface area contributed by atoms with E-state index in [0.29, 0.717) is 23.7 Å². The van der Waals surface area contributed by atoms with Crippen LogP contribution in [0.5, 0.6) is 5.75 Å². The molecule has 0 spiro atoms. The van der Waals surface area contributed by atoms with Gasteiger partial charge >= 0.3 is 0 Å². The highest BCUT2D eigenvalue weighted by Gasteiger charge is 2.17. The van der Waals surface area contributed by atoms with Gasteiger partial charge < -0.3 is 15.0 Å². The number of carbonyl (C=O) groups is 2. The van der Waals surface area contributed by atoms with Gasteiger partial charge in [-0.3, -0.25) is 9.59 Å². The molecule has 2 rings (SSSR count). The van der Waals surface area contributed by atoms with Gasteiger partial charge in [-0.15, -0.1) is 0 Å². The lowest BCUT2D eigenvalue weighted by atomic mass is 10.3. The predicted octanol–water partition coefficient (Wildman–Crippen LogP) is 1.85. The fraction of sp³-hybridized carbons (Fsp3) is 0.467. The summed E-state index contributed by atoms with van der Waals surface area (Å²) >= 11 is 5.76. The third kappa shape index (κ3) is 5.27. The summed E-state index contributed by atoms with van der Waals surface area (Å²) in [5.74, 6) is 0.452. The van der Waals surface area contributed by atoms with Gasteiger partial charge in [0.05, 0.1) is 0 Å². The van der Waals surface area contributed by atoms with Crippen molar-refractivity contribution >= 4 is 23.4 Å². The second-order valence-corrected chi connectivity index (χ2v) is 5.37. The SMILES string of the molecule is O=C(COc1ccc(Cl)cc1)NCCC(=O)N1CCCC1. The van der Waals surface area contributed by atoms with Gasteiger partial charge in [0.15, 0.2) is 6.61 Å². The highest BCUT2D eigenvalue weighted by atomic mass is 35.5. The third-order valence-corrected chi connectivity index (χ3v) is 3.56. The fourth-order valence-corrected chi connectivity index (χ4v) is 2.29. The zero-order valence-electron chi connectivity index (χ0n) is 11.8. The molecule has 0 atom stereocenters. The highest BCUT2D eigenvalue weighted by molar-refractivity contribution is 6.30. The van der Waals surface area contributed by atoms with Crippen molar-refractivity contribution < 1.29 is 14.3 Å². The van der Waals surface area contributed by atoms with Crippen LogP contribution in [0.4, 0.5) is 0 Å². The Hall–Kier alpha value is -1.75. The fourth-order valence-electron chi connectivity index (χ4n) is 2.16. The Kier molecular flexibility index (Phi) is 5.87. The monoisotopic (exact) mass is 310 g/mol. The second-order valence-electron chi connectivity index (χ2n) is 4.93. The lowest BCUT2D eigenvalue weighted by Gasteiger charge is -2.15. The van der Waals surface area contributed by atoms with E-state index in [9.17, 15) is 9.59 Å². The molecule has 0 unspecified atom stereocenters. The standard InChI is InChI=1S/C15H19ClN2O3/c16-12-3-5-13(6-4-12)21-11-14(19)17-8-7-15(20)18-9-1-2-10-18/h3-6H,1-2,7-11H2,(H,17,19). The van der Waals surface area contributed by atoms with Crippen molar-refractivity contribution in [2.75, 3.05) is 26.2 Å². The van der Waals surface area contributed by atoms with Crippen molar-refractivity contribution in [1.29, 1.82) is 0 Å². The number of nitrogens with one attached hydrogen (secondary N) is 1. The summed E-state index contributed by atoms with van der Waals surface area (Å²) in [5.41, 5.74) is 0. The number of hydrogen-bond donors (Lipinski definition) is 1. The molecule has 0 aliphatic carbocycles. The Morgan fingerprint density at radius 2 is 1.86 bits per heavy atom. The van der Waals surface area contributed by atoms with Gasteiger partial charge in [-0.05, 0) is 37.1 Å². The Morgan fingerprint density at radius 3 is 2.52 bits per heavy atom. The van der Waals surface area contributed by atoms with Crippen molar-refractivity contribution in [3.63, 3.8) is 0 Å². The topological polar surface area (TPSA) is 58.6 Å². The molecule has 1 aromatic carbocycles. The van der Waals surface area contributed by atoms with E-state index in [1.54, 1.807) is 24.3 Å². The van der Waals surface area contributed by atoms with Crippen molar-refractivity contribution in [1.82, 2.24) is 10.2 Å². The lowest BCUT2D eigenvalue weighted by Crippen LogP contribution is -2.34. The number of halogens is 1. The first kappa shape index (κ1) is 15.6. The zero-order chi connectivity index (χ0) is 15.1. The molecule has 0 saturated carbocycles. The number of rotatable bonds is 6. The molecule has 1 aliphatic rings. The van der Waals surface area contributed by atoms with Crippen molar-refractivity contribution in [2.24, 2.45) is 0 Å². The lowest BCUT2D eigenvalue weighted by molar-refractivity contribution is -0.130. The first-order valence-electron chi connectivity index (χ1n) is 7.08. The van der Waals surface area contributed by atoms with Crippen LogP contribution >= 0.6 is 11.6 Å². The van der Waals surface area contributed by atoms with E-state index in [4.69, 9.17) is 16.3 Å². The molecule has 1 fully saturated rings. The summed E-state index contributed by atoms with van der Waals surface area (Å²) in [5, 5.41) is 3.30. The summed E-state index contributed by atoms with van der Waals surface area (Å²) in [6.07, 6.45) is 2.49. The number of carbonyl (C=O) groups excluding carboxylic acids is 2. The van der Waals surface area contributed by atoms with Gasteiger partial charge in [-0.2, -0.15) is 0 Å². The van der Waals surface area contributed by atoms with Crippen LogP contribution in [0.3, 0.4) is 0 Å². The molecule has 1 saturated heterocycles. The molecule has 114 valence electrons. The smallest absolute Gasteiger partial charge is 0.257 e. The van der Waals surface area contributed by atoms with Crippen LogP contribution in [0.2, 0.25) is 5.02 Å². The molecule has 0 radical (unpaired) electrons. The van der Waals surface area contributed by atoms with Crippen LogP contribution in [0.25, 0.3) is 0 Å². The number of nitrogens with zero attached hydrogens (tertiary/aromatic N) is 1. The molecular weight excluding hydrogens is 292 g/mol. The van der Waals surface area contributed by atoms with E-state index >= 15 is 0 Å². The van der Waals surface area contributed by atoms with Crippen molar-refractivity contribution in [2.45, 2.75) is 19.3 Å². The van der Waals surface area contributed by atoms with E-state index in [2.05, 4.69) is 5.32 Å². The minimum Gasteiger partial charge on any atom is -0.484 e. The number of amides is 2. The van der Waals surface area contributed by atoms with Crippen LogP contribution in [0.1, 0.15) is 19.3 Å². The van der Waals surface area contributed by atoms with E-state index in [1.165, 1.54) is 0 Å². The normalized spacial score (nSPS) is 14.0. The molecule has 1 aromatic rings. The largest absolute Gasteiger partial charge is 0.484 e. The van der Waals surface area contributed by atoms with Gasteiger partial charge in [0.1, 0.15) is 5.75 Å². The molecule has 0 bridgehead atoms. The first-order chi connectivity index (χ1) is 10.1. The van der Waals surface area contributed by atoms with Crippen LogP contribution in [-0.4, -0.2) is 43.0 Å². The number of ether oxygens (including phenoxy) is 1. The second kappa shape index (κ2) is 7.88. The maximum absolute atomic E-state index is 11.8. The predicted molar refractivity (Wildman–Crippen MR) is 80.4 cm³/mol. The minimum absolute atomic E-state index is 0.0699. The Morgan fingerprint density at radius 1 is 1.19 bits per heavy atom. The molecular formula is C15H19ClN2O3. The summed E-state index contributed by atoms with van der Waals surface area (Å²) in [6.45, 7) is 1.95. The van der Waals surface area contributed by atoms with Gasteiger partial charge in [0, 0.05) is 31.1 Å². The summed E-state index contributed by atoms with van der Waals surface area (Å²) in [7, 11) is 0. The molecule has 6 heteroatoms. The molecule has 1 heterocycles. The molecule has 0 aromatic heterocycles. The van der Waals surface area contributed by atoms with Crippen molar-refractivity contribution in [3.05, 3.63) is 29.3 Å². The number of benzene rings is 1. The van der Waals surface area contributed by atoms with Gasteiger partial charge in [-0.1, -0.05) is 11.6 Å². The van der Waals surface area contributed by atoms with E-state index in [1.807, 2.05) is 4.90 Å². The van der Waals surface area contributed by atoms with Crippen LogP contribution in [0, 0.1) is 0 Å². The van der Waals surface area contributed by atoms with Gasteiger partial charge in [0.2, 0.25) is 5.91 Å². The maximum atomic E-state index is 11.8. The first-order valence-corrected chi connectivity index (χ1v) is 7.46.